The Hall–Kier alpha value is -1.86. The summed E-state index contributed by atoms with van der Waals surface area (Å²) in [6.07, 6.45) is 1.64. The van der Waals surface area contributed by atoms with Gasteiger partial charge in [-0.05, 0) is 38.0 Å². The Balaban J connectivity index is 3.09. The fourth-order valence-electron chi connectivity index (χ4n) is 1.73. The summed E-state index contributed by atoms with van der Waals surface area (Å²) in [6, 6.07) is 3.97. The molecule has 3 nitrogen and oxygen atoms in total. The number of nitrogens with one attached hydrogen (secondary N) is 1. The van der Waals surface area contributed by atoms with Crippen molar-refractivity contribution in [3.63, 3.8) is 0 Å². The van der Waals surface area contributed by atoms with Crippen molar-refractivity contribution in [1.29, 1.82) is 0 Å². The zero-order chi connectivity index (χ0) is 15.2. The lowest BCUT2D eigenvalue weighted by atomic mass is 9.94. The maximum atomic E-state index is 13.3. The Labute approximate surface area is 119 Å². The summed E-state index contributed by atoms with van der Waals surface area (Å²) in [4.78, 5) is 12.3. The van der Waals surface area contributed by atoms with Crippen molar-refractivity contribution in [2.45, 2.75) is 39.2 Å². The van der Waals surface area contributed by atoms with Crippen molar-refractivity contribution < 1.29 is 9.18 Å². The number of carbonyl (C=O) groups is 1. The molecule has 0 bridgehead atoms. The average Bonchev–Trinajstić information content (AvgIpc) is 2.44. The third kappa shape index (κ3) is 4.07. The van der Waals surface area contributed by atoms with Gasteiger partial charge in [0.2, 0.25) is 0 Å². The maximum Gasteiger partial charge on any atom is 0.252 e. The van der Waals surface area contributed by atoms with E-state index in [1.807, 2.05) is 20.8 Å². The standard InChI is InChI=1S/C16H21FN2O/c1-4-16(3,5-2)19-15(20)14-9-8-13(17)11-12(14)7-6-10-18/h8-9,11H,4-5,10,18H2,1-3H3,(H,19,20). The molecule has 1 aromatic rings. The predicted octanol–water partition coefficient (Wildman–Crippen LogP) is 2.44. The first-order valence-electron chi connectivity index (χ1n) is 6.76. The van der Waals surface area contributed by atoms with Crippen LogP contribution in [-0.4, -0.2) is 18.0 Å². The Morgan fingerprint density at radius 2 is 2.05 bits per heavy atom. The van der Waals surface area contributed by atoms with Crippen molar-refractivity contribution in [3.05, 3.63) is 35.1 Å². The first-order valence-corrected chi connectivity index (χ1v) is 6.76. The summed E-state index contributed by atoms with van der Waals surface area (Å²) in [5.41, 5.74) is 5.78. The minimum Gasteiger partial charge on any atom is -0.347 e. The molecule has 0 aliphatic heterocycles. The highest BCUT2D eigenvalue weighted by atomic mass is 19.1. The molecule has 0 atom stereocenters. The zero-order valence-corrected chi connectivity index (χ0v) is 12.2. The Bertz CT molecular complexity index is 539. The minimum absolute atomic E-state index is 0.166. The largest absolute Gasteiger partial charge is 0.347 e. The molecule has 3 N–H and O–H groups in total. The molecule has 0 unspecified atom stereocenters. The van der Waals surface area contributed by atoms with E-state index in [0.29, 0.717) is 11.1 Å². The number of hydrogen-bond donors (Lipinski definition) is 2. The van der Waals surface area contributed by atoms with E-state index < -0.39 is 5.82 Å². The van der Waals surface area contributed by atoms with Gasteiger partial charge in [0.05, 0.1) is 12.1 Å². The molecule has 0 fully saturated rings. The number of amides is 1. The second kappa shape index (κ2) is 7.06. The third-order valence-corrected chi connectivity index (χ3v) is 3.53. The molecule has 0 aliphatic rings. The molecule has 1 amide bonds. The lowest BCUT2D eigenvalue weighted by Gasteiger charge is -2.28. The lowest BCUT2D eigenvalue weighted by Crippen LogP contribution is -2.45. The monoisotopic (exact) mass is 276 g/mol. The van der Waals surface area contributed by atoms with Crippen molar-refractivity contribution in [2.24, 2.45) is 5.73 Å². The number of rotatable bonds is 4. The lowest BCUT2D eigenvalue weighted by molar-refractivity contribution is 0.0901. The van der Waals surface area contributed by atoms with Gasteiger partial charge in [-0.1, -0.05) is 25.7 Å². The van der Waals surface area contributed by atoms with E-state index >= 15 is 0 Å². The van der Waals surface area contributed by atoms with Gasteiger partial charge in [-0.15, -0.1) is 0 Å². The Morgan fingerprint density at radius 3 is 2.60 bits per heavy atom. The normalized spacial score (nSPS) is 10.7. The van der Waals surface area contributed by atoms with Crippen LogP contribution < -0.4 is 11.1 Å². The van der Waals surface area contributed by atoms with Crippen LogP contribution in [-0.2, 0) is 0 Å². The van der Waals surface area contributed by atoms with Crippen LogP contribution in [0.4, 0.5) is 4.39 Å². The van der Waals surface area contributed by atoms with E-state index in [0.717, 1.165) is 12.8 Å². The SMILES string of the molecule is CCC(C)(CC)NC(=O)c1ccc(F)cc1C#CCN. The number of carbonyl (C=O) groups excluding carboxylic acids is 1. The van der Waals surface area contributed by atoms with E-state index in [9.17, 15) is 9.18 Å². The molecular weight excluding hydrogens is 255 g/mol. The van der Waals surface area contributed by atoms with Crippen molar-refractivity contribution >= 4 is 5.91 Å². The molecule has 0 radical (unpaired) electrons. The van der Waals surface area contributed by atoms with E-state index in [2.05, 4.69) is 17.2 Å². The molecule has 0 saturated heterocycles. The van der Waals surface area contributed by atoms with Gasteiger partial charge in [-0.2, -0.15) is 0 Å². The van der Waals surface area contributed by atoms with Gasteiger partial charge in [0.15, 0.2) is 0 Å². The van der Waals surface area contributed by atoms with Crippen molar-refractivity contribution in [1.82, 2.24) is 5.32 Å². The number of benzene rings is 1. The molecule has 0 heterocycles. The van der Waals surface area contributed by atoms with E-state index in [4.69, 9.17) is 5.73 Å². The molecule has 0 spiro atoms. The van der Waals surface area contributed by atoms with Gasteiger partial charge in [-0.25, -0.2) is 4.39 Å². The summed E-state index contributed by atoms with van der Waals surface area (Å²) in [5.74, 6) is 4.73. The smallest absolute Gasteiger partial charge is 0.252 e. The summed E-state index contributed by atoms with van der Waals surface area (Å²) in [7, 11) is 0. The number of halogens is 1. The minimum atomic E-state index is -0.420. The van der Waals surface area contributed by atoms with Crippen LogP contribution in [0.25, 0.3) is 0 Å². The topological polar surface area (TPSA) is 55.1 Å². The third-order valence-electron chi connectivity index (χ3n) is 3.53. The van der Waals surface area contributed by atoms with Gasteiger partial charge in [0.1, 0.15) is 5.82 Å². The van der Waals surface area contributed by atoms with Crippen molar-refractivity contribution in [3.8, 4) is 11.8 Å². The second-order valence-electron chi connectivity index (χ2n) is 4.92. The molecular formula is C16H21FN2O. The van der Waals surface area contributed by atoms with Gasteiger partial charge >= 0.3 is 0 Å². The molecule has 108 valence electrons. The van der Waals surface area contributed by atoms with Crippen LogP contribution in [0.2, 0.25) is 0 Å². The van der Waals surface area contributed by atoms with Crippen molar-refractivity contribution in [2.75, 3.05) is 6.54 Å². The highest BCUT2D eigenvalue weighted by Crippen LogP contribution is 2.17. The van der Waals surface area contributed by atoms with Crippen LogP contribution in [0.5, 0.6) is 0 Å². The van der Waals surface area contributed by atoms with Crippen LogP contribution in [0.3, 0.4) is 0 Å². The Kier molecular flexibility index (Phi) is 5.72. The fourth-order valence-corrected chi connectivity index (χ4v) is 1.73. The molecule has 0 saturated carbocycles. The van der Waals surface area contributed by atoms with Gasteiger partial charge < -0.3 is 11.1 Å². The molecule has 20 heavy (non-hydrogen) atoms. The summed E-state index contributed by atoms with van der Waals surface area (Å²) < 4.78 is 13.3. The summed E-state index contributed by atoms with van der Waals surface area (Å²) in [6.45, 7) is 6.19. The highest BCUT2D eigenvalue weighted by molar-refractivity contribution is 5.97. The quantitative estimate of drug-likeness (QED) is 0.830. The molecule has 1 rings (SSSR count). The number of hydrogen-bond acceptors (Lipinski definition) is 2. The predicted molar refractivity (Wildman–Crippen MR) is 78.8 cm³/mol. The van der Waals surface area contributed by atoms with E-state index in [-0.39, 0.29) is 18.0 Å². The van der Waals surface area contributed by atoms with E-state index in [1.165, 1.54) is 18.2 Å². The molecule has 0 aromatic heterocycles. The summed E-state index contributed by atoms with van der Waals surface area (Å²) in [5, 5.41) is 2.98. The van der Waals surface area contributed by atoms with Gasteiger partial charge in [-0.3, -0.25) is 4.79 Å². The molecule has 1 aromatic carbocycles. The van der Waals surface area contributed by atoms with Crippen LogP contribution in [0, 0.1) is 17.7 Å². The number of nitrogens with two attached hydrogens (primary N) is 1. The van der Waals surface area contributed by atoms with Gasteiger partial charge in [0, 0.05) is 11.1 Å². The maximum absolute atomic E-state index is 13.3. The Morgan fingerprint density at radius 1 is 1.40 bits per heavy atom. The first-order chi connectivity index (χ1) is 9.45. The zero-order valence-electron chi connectivity index (χ0n) is 12.2. The fraction of sp³-hybridized carbons (Fsp3) is 0.438. The highest BCUT2D eigenvalue weighted by Gasteiger charge is 2.23. The molecule has 0 aliphatic carbocycles. The van der Waals surface area contributed by atoms with Gasteiger partial charge in [0.25, 0.3) is 5.91 Å². The molecule has 4 heteroatoms. The summed E-state index contributed by atoms with van der Waals surface area (Å²) >= 11 is 0. The average molecular weight is 276 g/mol. The van der Waals surface area contributed by atoms with E-state index in [1.54, 1.807) is 0 Å². The first kappa shape index (κ1) is 16.2. The van der Waals surface area contributed by atoms with Crippen LogP contribution in [0.1, 0.15) is 49.5 Å². The van der Waals surface area contributed by atoms with Crippen LogP contribution in [0.15, 0.2) is 18.2 Å². The van der Waals surface area contributed by atoms with Crippen LogP contribution >= 0.6 is 0 Å². The second-order valence-corrected chi connectivity index (χ2v) is 4.92.